The van der Waals surface area contributed by atoms with Gasteiger partial charge in [0.25, 0.3) is 0 Å². The highest BCUT2D eigenvalue weighted by Gasteiger charge is 2.31. The first-order valence-electron chi connectivity index (χ1n) is 8.49. The lowest BCUT2D eigenvalue weighted by molar-refractivity contribution is 0.413. The number of anilines is 2. The number of nitrogens with zero attached hydrogens (tertiary/aromatic N) is 3. The molecule has 1 aliphatic heterocycles. The largest absolute Gasteiger partial charge is 0.508 e. The summed E-state index contributed by atoms with van der Waals surface area (Å²) in [5, 5.41) is 13.9. The van der Waals surface area contributed by atoms with E-state index in [1.54, 1.807) is 12.3 Å². The van der Waals surface area contributed by atoms with Crippen molar-refractivity contribution in [3.63, 3.8) is 0 Å². The summed E-state index contributed by atoms with van der Waals surface area (Å²) in [6.07, 6.45) is 1.74. The van der Waals surface area contributed by atoms with Gasteiger partial charge in [0.15, 0.2) is 0 Å². The maximum absolute atomic E-state index is 9.88. The summed E-state index contributed by atoms with van der Waals surface area (Å²) in [6, 6.07) is 18.0. The zero-order valence-corrected chi connectivity index (χ0v) is 14.2. The van der Waals surface area contributed by atoms with Crippen LogP contribution in [-0.2, 0) is 0 Å². The first-order chi connectivity index (χ1) is 12.2. The van der Waals surface area contributed by atoms with Gasteiger partial charge < -0.3 is 19.4 Å². The molecule has 1 aliphatic rings. The zero-order chi connectivity index (χ0) is 17.2. The number of phenolic OH excluding ortho intramolecular Hbond substituents is 1. The van der Waals surface area contributed by atoms with Crippen molar-refractivity contribution in [2.24, 2.45) is 0 Å². The molecule has 0 bridgehead atoms. The first kappa shape index (κ1) is 15.6. The van der Waals surface area contributed by atoms with E-state index in [4.69, 9.17) is 4.52 Å². The molecule has 1 unspecified atom stereocenters. The molecule has 1 aromatic heterocycles. The second-order valence-corrected chi connectivity index (χ2v) is 6.37. The number of aromatic hydroxyl groups is 1. The van der Waals surface area contributed by atoms with E-state index in [1.165, 1.54) is 5.69 Å². The number of hydrogen-bond donors (Lipinski definition) is 1. The average molecular weight is 335 g/mol. The van der Waals surface area contributed by atoms with E-state index in [0.29, 0.717) is 0 Å². The number of phenols is 1. The van der Waals surface area contributed by atoms with Gasteiger partial charge in [0, 0.05) is 42.6 Å². The Balaban J connectivity index is 1.69. The lowest BCUT2D eigenvalue weighted by Gasteiger charge is -2.43. The van der Waals surface area contributed by atoms with Gasteiger partial charge in [-0.2, -0.15) is 0 Å². The lowest BCUT2D eigenvalue weighted by atomic mass is 10.0. The lowest BCUT2D eigenvalue weighted by Crippen LogP contribution is -2.48. The Bertz CT molecular complexity index is 847. The second-order valence-electron chi connectivity index (χ2n) is 6.37. The average Bonchev–Trinajstić information content (AvgIpc) is 3.08. The number of benzene rings is 2. The van der Waals surface area contributed by atoms with Crippen molar-refractivity contribution in [3.8, 4) is 5.75 Å². The van der Waals surface area contributed by atoms with Crippen LogP contribution >= 0.6 is 0 Å². The summed E-state index contributed by atoms with van der Waals surface area (Å²) in [7, 11) is 0. The van der Waals surface area contributed by atoms with Crippen molar-refractivity contribution in [2.45, 2.75) is 13.0 Å². The summed E-state index contributed by atoms with van der Waals surface area (Å²) in [4.78, 5) is 4.70. The van der Waals surface area contributed by atoms with Gasteiger partial charge in [-0.05, 0) is 31.2 Å². The molecule has 5 heteroatoms. The van der Waals surface area contributed by atoms with Gasteiger partial charge >= 0.3 is 0 Å². The summed E-state index contributed by atoms with van der Waals surface area (Å²) < 4.78 is 5.20. The molecular weight excluding hydrogens is 314 g/mol. The van der Waals surface area contributed by atoms with Gasteiger partial charge in [-0.1, -0.05) is 29.4 Å². The number of hydrogen-bond acceptors (Lipinski definition) is 5. The summed E-state index contributed by atoms with van der Waals surface area (Å²) in [5.74, 6) is 0.281. The molecule has 0 amide bonds. The maximum Gasteiger partial charge on any atom is 0.129 e. The Labute approximate surface area is 147 Å². The SMILES string of the molecule is Cc1nocc1C1CN(c2ccccc2)CCN1c1cccc(O)c1. The summed E-state index contributed by atoms with van der Waals surface area (Å²) in [6.45, 7) is 4.58. The van der Waals surface area contributed by atoms with Gasteiger partial charge in [-0.3, -0.25) is 0 Å². The minimum Gasteiger partial charge on any atom is -0.508 e. The molecule has 1 N–H and O–H groups in total. The monoisotopic (exact) mass is 335 g/mol. The molecule has 0 radical (unpaired) electrons. The maximum atomic E-state index is 9.88. The number of rotatable bonds is 3. The number of aryl methyl sites for hydroxylation is 1. The Hall–Kier alpha value is -2.95. The van der Waals surface area contributed by atoms with E-state index in [0.717, 1.165) is 36.6 Å². The van der Waals surface area contributed by atoms with Crippen molar-refractivity contribution < 1.29 is 9.63 Å². The quantitative estimate of drug-likeness (QED) is 0.790. The highest BCUT2D eigenvalue weighted by Crippen LogP contribution is 2.34. The predicted octanol–water partition coefficient (Wildman–Crippen LogP) is 3.76. The molecule has 1 fully saturated rings. The normalized spacial score (nSPS) is 17.7. The molecule has 128 valence electrons. The Kier molecular flexibility index (Phi) is 4.06. The van der Waals surface area contributed by atoms with Crippen LogP contribution in [0.25, 0.3) is 0 Å². The number of aromatic nitrogens is 1. The molecule has 5 nitrogen and oxygen atoms in total. The Morgan fingerprint density at radius 3 is 2.56 bits per heavy atom. The molecule has 2 heterocycles. The van der Waals surface area contributed by atoms with Crippen LogP contribution in [-0.4, -0.2) is 29.9 Å². The van der Waals surface area contributed by atoms with E-state index in [1.807, 2.05) is 31.2 Å². The van der Waals surface area contributed by atoms with Crippen molar-refractivity contribution in [2.75, 3.05) is 29.4 Å². The van der Waals surface area contributed by atoms with Gasteiger partial charge in [0.2, 0.25) is 0 Å². The molecule has 4 rings (SSSR count). The van der Waals surface area contributed by atoms with Crippen LogP contribution in [0, 0.1) is 6.92 Å². The topological polar surface area (TPSA) is 52.7 Å². The third-order valence-electron chi connectivity index (χ3n) is 4.81. The van der Waals surface area contributed by atoms with E-state index in [2.05, 4.69) is 39.2 Å². The standard InChI is InChI=1S/C20H21N3O2/c1-15-19(14-25-21-15)20-13-22(16-6-3-2-4-7-16)10-11-23(20)17-8-5-9-18(24)12-17/h2-9,12,14,20,24H,10-11,13H2,1H3. The van der Waals surface area contributed by atoms with E-state index in [9.17, 15) is 5.11 Å². The van der Waals surface area contributed by atoms with Gasteiger partial charge in [0.05, 0.1) is 11.7 Å². The first-order valence-corrected chi connectivity index (χ1v) is 8.49. The van der Waals surface area contributed by atoms with Crippen LogP contribution in [0.15, 0.2) is 65.4 Å². The van der Waals surface area contributed by atoms with E-state index < -0.39 is 0 Å². The molecule has 0 saturated carbocycles. The van der Waals surface area contributed by atoms with E-state index in [-0.39, 0.29) is 11.8 Å². The van der Waals surface area contributed by atoms with Gasteiger partial charge in [-0.15, -0.1) is 0 Å². The zero-order valence-electron chi connectivity index (χ0n) is 14.2. The number of para-hydroxylation sites is 1. The van der Waals surface area contributed by atoms with Crippen molar-refractivity contribution >= 4 is 11.4 Å². The summed E-state index contributed by atoms with van der Waals surface area (Å²) in [5.41, 5.74) is 4.23. The highest BCUT2D eigenvalue weighted by molar-refractivity contribution is 5.56. The van der Waals surface area contributed by atoms with Crippen molar-refractivity contribution in [3.05, 3.63) is 72.1 Å². The van der Waals surface area contributed by atoms with Crippen LogP contribution in [0.2, 0.25) is 0 Å². The fourth-order valence-corrected chi connectivity index (χ4v) is 3.52. The number of piperazine rings is 1. The van der Waals surface area contributed by atoms with Crippen molar-refractivity contribution in [1.82, 2.24) is 5.16 Å². The minimum absolute atomic E-state index is 0.113. The molecule has 1 atom stereocenters. The minimum atomic E-state index is 0.113. The Morgan fingerprint density at radius 2 is 1.84 bits per heavy atom. The summed E-state index contributed by atoms with van der Waals surface area (Å²) >= 11 is 0. The fourth-order valence-electron chi connectivity index (χ4n) is 3.52. The third kappa shape index (κ3) is 3.05. The smallest absolute Gasteiger partial charge is 0.129 e. The van der Waals surface area contributed by atoms with E-state index >= 15 is 0 Å². The van der Waals surface area contributed by atoms with Crippen molar-refractivity contribution in [1.29, 1.82) is 0 Å². The molecule has 2 aromatic carbocycles. The van der Waals surface area contributed by atoms with Crippen LogP contribution in [0.4, 0.5) is 11.4 Å². The van der Waals surface area contributed by atoms with Crippen LogP contribution < -0.4 is 9.80 Å². The molecule has 0 spiro atoms. The fraction of sp³-hybridized carbons (Fsp3) is 0.250. The molecule has 1 saturated heterocycles. The molecular formula is C20H21N3O2. The van der Waals surface area contributed by atoms with Gasteiger partial charge in [0.1, 0.15) is 12.0 Å². The van der Waals surface area contributed by atoms with Crippen LogP contribution in [0.3, 0.4) is 0 Å². The van der Waals surface area contributed by atoms with Crippen LogP contribution in [0.5, 0.6) is 5.75 Å². The highest BCUT2D eigenvalue weighted by atomic mass is 16.5. The van der Waals surface area contributed by atoms with Gasteiger partial charge in [-0.25, -0.2) is 0 Å². The Morgan fingerprint density at radius 1 is 1.04 bits per heavy atom. The molecule has 3 aromatic rings. The van der Waals surface area contributed by atoms with Crippen LogP contribution in [0.1, 0.15) is 17.3 Å². The predicted molar refractivity (Wildman–Crippen MR) is 98.1 cm³/mol. The molecule has 25 heavy (non-hydrogen) atoms. The molecule has 0 aliphatic carbocycles. The third-order valence-corrected chi connectivity index (χ3v) is 4.81. The second kappa shape index (κ2) is 6.51.